The zero-order valence-electron chi connectivity index (χ0n) is 12.4. The Morgan fingerprint density at radius 3 is 2.36 bits per heavy atom. The molecule has 7 nitrogen and oxygen atoms in total. The molecule has 1 N–H and O–H groups in total. The fourth-order valence-corrected chi connectivity index (χ4v) is 1.37. The van der Waals surface area contributed by atoms with Gasteiger partial charge < -0.3 is 4.74 Å². The van der Waals surface area contributed by atoms with Crippen molar-refractivity contribution in [3.05, 3.63) is 23.5 Å². The summed E-state index contributed by atoms with van der Waals surface area (Å²) >= 11 is 0. The van der Waals surface area contributed by atoms with Crippen molar-refractivity contribution in [2.45, 2.75) is 32.5 Å². The minimum Gasteiger partial charge on any atom is -0.443 e. The van der Waals surface area contributed by atoms with Gasteiger partial charge >= 0.3 is 12.3 Å². The number of hydrazine groups is 1. The maximum absolute atomic E-state index is 12.8. The molecule has 0 aliphatic heterocycles. The molecule has 0 unspecified atom stereocenters. The van der Waals surface area contributed by atoms with Crippen LogP contribution in [0.4, 0.5) is 18.0 Å². The van der Waals surface area contributed by atoms with Crippen LogP contribution in [0.5, 0.6) is 0 Å². The smallest absolute Gasteiger partial charge is 0.426 e. The molecule has 0 bridgehead atoms. The summed E-state index contributed by atoms with van der Waals surface area (Å²) in [5.41, 5.74) is -0.989. The Morgan fingerprint density at radius 2 is 1.86 bits per heavy atom. The molecule has 0 saturated heterocycles. The number of nitrogens with one attached hydrogen (secondary N) is 1. The summed E-state index contributed by atoms with van der Waals surface area (Å²) in [5.74, 6) is -1.17. The third-order valence-electron chi connectivity index (χ3n) is 2.19. The van der Waals surface area contributed by atoms with Crippen LogP contribution in [0, 0.1) is 0 Å². The lowest BCUT2D eigenvalue weighted by atomic mass is 10.2. The highest BCUT2D eigenvalue weighted by atomic mass is 19.4. The molecule has 1 heterocycles. The lowest BCUT2D eigenvalue weighted by Crippen LogP contribution is -2.46. The minimum atomic E-state index is -4.77. The largest absolute Gasteiger partial charge is 0.443 e. The zero-order chi connectivity index (χ0) is 17.1. The van der Waals surface area contributed by atoms with E-state index in [1.165, 1.54) is 0 Å². The molecule has 0 saturated carbocycles. The topological polar surface area (TPSA) is 84.4 Å². The Labute approximate surface area is 124 Å². The predicted octanol–water partition coefficient (Wildman–Crippen LogP) is 2.01. The van der Waals surface area contributed by atoms with Crippen LogP contribution in [0.1, 0.15) is 36.8 Å². The van der Waals surface area contributed by atoms with Gasteiger partial charge in [0, 0.05) is 7.05 Å². The molecule has 0 aliphatic carbocycles. The maximum Gasteiger partial charge on any atom is 0.426 e. The van der Waals surface area contributed by atoms with E-state index in [1.54, 1.807) is 20.8 Å². The van der Waals surface area contributed by atoms with Gasteiger partial charge in [0.05, 0.1) is 11.8 Å². The molecule has 1 rings (SSSR count). The molecule has 1 aromatic heterocycles. The number of alkyl halides is 3. The monoisotopic (exact) mass is 320 g/mol. The quantitative estimate of drug-likeness (QED) is 0.800. The molecule has 0 radical (unpaired) electrons. The van der Waals surface area contributed by atoms with E-state index in [1.807, 2.05) is 5.43 Å². The summed E-state index contributed by atoms with van der Waals surface area (Å²) in [5, 5.41) is 7.00. The van der Waals surface area contributed by atoms with Gasteiger partial charge in [0.1, 0.15) is 5.60 Å². The average Bonchev–Trinajstić information content (AvgIpc) is 2.34. The van der Waals surface area contributed by atoms with Gasteiger partial charge in [-0.2, -0.15) is 18.3 Å². The molecule has 2 amide bonds. The zero-order valence-corrected chi connectivity index (χ0v) is 12.4. The normalized spacial score (nSPS) is 11.8. The van der Waals surface area contributed by atoms with Crippen molar-refractivity contribution in [1.29, 1.82) is 0 Å². The van der Waals surface area contributed by atoms with Gasteiger partial charge in [0.15, 0.2) is 5.69 Å². The van der Waals surface area contributed by atoms with Crippen LogP contribution in [0.15, 0.2) is 12.3 Å². The van der Waals surface area contributed by atoms with E-state index in [4.69, 9.17) is 4.74 Å². The summed E-state index contributed by atoms with van der Waals surface area (Å²) in [4.78, 5) is 23.5. The van der Waals surface area contributed by atoms with Crippen LogP contribution in [-0.4, -0.2) is 39.9 Å². The fraction of sp³-hybridized carbons (Fsp3) is 0.500. The number of carbonyl (C=O) groups excluding carboxylic acids is 2. The van der Waals surface area contributed by atoms with Crippen molar-refractivity contribution in [1.82, 2.24) is 20.6 Å². The number of ether oxygens (including phenoxy) is 1. The summed E-state index contributed by atoms with van der Waals surface area (Å²) in [7, 11) is 1.07. The Bertz CT molecular complexity index is 569. The number of amides is 2. The molecule has 0 fully saturated rings. The van der Waals surface area contributed by atoms with Gasteiger partial charge in [-0.25, -0.2) is 15.2 Å². The van der Waals surface area contributed by atoms with Gasteiger partial charge in [-0.3, -0.25) is 4.79 Å². The van der Waals surface area contributed by atoms with Crippen LogP contribution < -0.4 is 5.43 Å². The molecule has 0 aliphatic rings. The molecule has 22 heavy (non-hydrogen) atoms. The first-order chi connectivity index (χ1) is 9.92. The average molecular weight is 320 g/mol. The first kappa shape index (κ1) is 17.7. The van der Waals surface area contributed by atoms with Gasteiger partial charge in [-0.1, -0.05) is 0 Å². The number of rotatable bonds is 1. The van der Waals surface area contributed by atoms with Gasteiger partial charge in [0.2, 0.25) is 0 Å². The third kappa shape index (κ3) is 4.86. The molecule has 122 valence electrons. The van der Waals surface area contributed by atoms with E-state index in [0.717, 1.165) is 13.2 Å². The Kier molecular flexibility index (Phi) is 4.94. The van der Waals surface area contributed by atoms with Crippen molar-refractivity contribution in [3.63, 3.8) is 0 Å². The van der Waals surface area contributed by atoms with E-state index in [2.05, 4.69) is 10.2 Å². The number of carbonyl (C=O) groups is 2. The Morgan fingerprint density at radius 1 is 1.27 bits per heavy atom. The standard InChI is InChI=1S/C12H15F3N4O3/c1-11(2,3)22-10(21)18-19(4)9(20)8-7(12(13,14)15)5-6-16-17-8/h5-6H,1-4H3,(H,18,21). The molecular weight excluding hydrogens is 305 g/mol. The molecular formula is C12H15F3N4O3. The molecule has 1 aromatic rings. The highest BCUT2D eigenvalue weighted by Gasteiger charge is 2.37. The van der Waals surface area contributed by atoms with E-state index in [9.17, 15) is 22.8 Å². The minimum absolute atomic E-state index is 0.549. The van der Waals surface area contributed by atoms with Crippen LogP contribution in [0.3, 0.4) is 0 Å². The SMILES string of the molecule is CN(NC(=O)OC(C)(C)C)C(=O)c1nnccc1C(F)(F)F. The summed E-state index contributed by atoms with van der Waals surface area (Å²) in [6.07, 6.45) is -4.94. The highest BCUT2D eigenvalue weighted by Crippen LogP contribution is 2.30. The predicted molar refractivity (Wildman–Crippen MR) is 68.5 cm³/mol. The summed E-state index contributed by atoms with van der Waals surface area (Å²) in [6, 6.07) is 0.627. The van der Waals surface area contributed by atoms with E-state index in [0.29, 0.717) is 11.1 Å². The number of hydrogen-bond acceptors (Lipinski definition) is 5. The van der Waals surface area contributed by atoms with Crippen LogP contribution in [-0.2, 0) is 10.9 Å². The first-order valence-electron chi connectivity index (χ1n) is 6.08. The number of halogens is 3. The van der Waals surface area contributed by atoms with Gasteiger partial charge in [-0.05, 0) is 26.8 Å². The number of hydrogen-bond donors (Lipinski definition) is 1. The number of aromatic nitrogens is 2. The maximum atomic E-state index is 12.8. The molecule has 10 heteroatoms. The van der Waals surface area contributed by atoms with E-state index >= 15 is 0 Å². The molecule has 0 spiro atoms. The lowest BCUT2D eigenvalue weighted by Gasteiger charge is -2.23. The number of nitrogens with zero attached hydrogens (tertiary/aromatic N) is 3. The van der Waals surface area contributed by atoms with E-state index in [-0.39, 0.29) is 0 Å². The fourth-order valence-electron chi connectivity index (χ4n) is 1.37. The molecule has 0 aromatic carbocycles. The Balaban J connectivity index is 2.91. The van der Waals surface area contributed by atoms with Crippen LogP contribution in [0.2, 0.25) is 0 Å². The lowest BCUT2D eigenvalue weighted by molar-refractivity contribution is -0.138. The first-order valence-corrected chi connectivity index (χ1v) is 6.08. The van der Waals surface area contributed by atoms with Crippen molar-refractivity contribution in [2.75, 3.05) is 7.05 Å². The van der Waals surface area contributed by atoms with Crippen molar-refractivity contribution in [3.8, 4) is 0 Å². The Hall–Kier alpha value is -2.39. The van der Waals surface area contributed by atoms with Gasteiger partial charge in [0.25, 0.3) is 5.91 Å². The highest BCUT2D eigenvalue weighted by molar-refractivity contribution is 5.94. The van der Waals surface area contributed by atoms with Crippen molar-refractivity contribution in [2.24, 2.45) is 0 Å². The second kappa shape index (κ2) is 6.16. The van der Waals surface area contributed by atoms with Crippen molar-refractivity contribution < 1.29 is 27.5 Å². The summed E-state index contributed by atoms with van der Waals surface area (Å²) < 4.78 is 43.3. The van der Waals surface area contributed by atoms with Crippen molar-refractivity contribution >= 4 is 12.0 Å². The molecule has 0 atom stereocenters. The van der Waals surface area contributed by atoms with Crippen LogP contribution >= 0.6 is 0 Å². The summed E-state index contributed by atoms with van der Waals surface area (Å²) in [6.45, 7) is 4.79. The second-order valence-corrected chi connectivity index (χ2v) is 5.27. The van der Waals surface area contributed by atoms with Gasteiger partial charge in [-0.15, -0.1) is 5.10 Å². The van der Waals surface area contributed by atoms with E-state index < -0.39 is 35.0 Å². The second-order valence-electron chi connectivity index (χ2n) is 5.27. The third-order valence-corrected chi connectivity index (χ3v) is 2.19. The van der Waals surface area contributed by atoms with Crippen LogP contribution in [0.25, 0.3) is 0 Å².